The molecule has 1 unspecified atom stereocenters. The highest BCUT2D eigenvalue weighted by Gasteiger charge is 2.33. The Morgan fingerprint density at radius 2 is 1.85 bits per heavy atom. The average Bonchev–Trinajstić information content (AvgIpc) is 3.04. The normalized spacial score (nSPS) is 19.1. The number of allylic oxidation sites excluding steroid dienone is 1. The van der Waals surface area contributed by atoms with Crippen LogP contribution in [0.1, 0.15) is 25.1 Å². The van der Waals surface area contributed by atoms with Gasteiger partial charge in [-0.3, -0.25) is 0 Å². The van der Waals surface area contributed by atoms with Crippen molar-refractivity contribution in [2.24, 2.45) is 5.41 Å². The fourth-order valence-electron chi connectivity index (χ4n) is 3.33. The maximum absolute atomic E-state index is 13.2. The lowest BCUT2D eigenvalue weighted by atomic mass is 9.75. The number of nitrogens with zero attached hydrogens (tertiary/aromatic N) is 2. The van der Waals surface area contributed by atoms with Crippen molar-refractivity contribution >= 4 is 17.8 Å². The number of aromatic nitrogens is 2. The van der Waals surface area contributed by atoms with Crippen LogP contribution in [0.2, 0.25) is 0 Å². The Hall–Kier alpha value is -2.33. The van der Waals surface area contributed by atoms with Crippen LogP contribution in [0.25, 0.3) is 11.8 Å². The zero-order valence-electron chi connectivity index (χ0n) is 14.9. The van der Waals surface area contributed by atoms with Gasteiger partial charge >= 0.3 is 0 Å². The summed E-state index contributed by atoms with van der Waals surface area (Å²) in [4.78, 5) is 1.30. The van der Waals surface area contributed by atoms with Crippen molar-refractivity contribution in [3.05, 3.63) is 83.4 Å². The third kappa shape index (κ3) is 3.21. The fraction of sp³-hybridized carbons (Fsp3) is 0.227. The van der Waals surface area contributed by atoms with E-state index in [0.717, 1.165) is 23.6 Å². The maximum atomic E-state index is 13.2. The molecule has 0 aliphatic heterocycles. The van der Waals surface area contributed by atoms with Gasteiger partial charge in [0.25, 0.3) is 0 Å². The molecule has 0 saturated heterocycles. The molecule has 4 heteroatoms. The van der Waals surface area contributed by atoms with Gasteiger partial charge in [0.2, 0.25) is 0 Å². The predicted molar refractivity (Wildman–Crippen MR) is 106 cm³/mol. The molecule has 2 nitrogen and oxygen atoms in total. The van der Waals surface area contributed by atoms with Gasteiger partial charge in [-0.25, -0.2) is 9.07 Å². The molecule has 1 atom stereocenters. The first-order valence-corrected chi connectivity index (χ1v) is 9.73. The topological polar surface area (TPSA) is 17.8 Å². The van der Waals surface area contributed by atoms with Crippen molar-refractivity contribution in [2.45, 2.75) is 25.2 Å². The fourth-order valence-corrected chi connectivity index (χ4v) is 4.50. The van der Waals surface area contributed by atoms with Gasteiger partial charge in [-0.15, -0.1) is 11.8 Å². The van der Waals surface area contributed by atoms with Crippen LogP contribution in [0.15, 0.2) is 71.3 Å². The van der Waals surface area contributed by atoms with Crippen molar-refractivity contribution < 1.29 is 4.39 Å². The number of halogens is 1. The number of fused-ring (bicyclic) bond motifs is 1. The van der Waals surface area contributed by atoms with E-state index in [1.807, 2.05) is 28.7 Å². The smallest absolute Gasteiger partial charge is 0.123 e. The zero-order chi connectivity index (χ0) is 18.1. The Bertz CT molecular complexity index is 944. The van der Waals surface area contributed by atoms with E-state index in [2.05, 4.69) is 49.3 Å². The summed E-state index contributed by atoms with van der Waals surface area (Å²) in [6.45, 7) is 4.53. The summed E-state index contributed by atoms with van der Waals surface area (Å²) in [5.41, 5.74) is 4.70. The van der Waals surface area contributed by atoms with Crippen LogP contribution in [0.3, 0.4) is 0 Å². The summed E-state index contributed by atoms with van der Waals surface area (Å²) in [6, 6.07) is 17.0. The van der Waals surface area contributed by atoms with E-state index in [1.54, 1.807) is 12.1 Å². The summed E-state index contributed by atoms with van der Waals surface area (Å²) in [6.07, 6.45) is 5.15. The molecule has 0 spiro atoms. The number of hydrogen-bond donors (Lipinski definition) is 0. The largest absolute Gasteiger partial charge is 0.233 e. The Kier molecular flexibility index (Phi) is 4.45. The first-order valence-electron chi connectivity index (χ1n) is 8.75. The summed E-state index contributed by atoms with van der Waals surface area (Å²) in [5, 5.41) is 4.56. The average molecular weight is 364 g/mol. The molecule has 0 saturated carbocycles. The minimum atomic E-state index is -0.230. The van der Waals surface area contributed by atoms with E-state index in [4.69, 9.17) is 0 Å². The van der Waals surface area contributed by atoms with E-state index < -0.39 is 0 Å². The Morgan fingerprint density at radius 1 is 1.12 bits per heavy atom. The molecule has 4 rings (SSSR count). The minimum absolute atomic E-state index is 0.101. The molecular weight excluding hydrogens is 343 g/mol. The molecule has 1 aliphatic rings. The lowest BCUT2D eigenvalue weighted by molar-refractivity contribution is 0.451. The van der Waals surface area contributed by atoms with E-state index in [1.165, 1.54) is 28.2 Å². The molecular formula is C22H21FN2S. The third-order valence-corrected chi connectivity index (χ3v) is 6.53. The van der Waals surface area contributed by atoms with E-state index in [-0.39, 0.29) is 11.2 Å². The van der Waals surface area contributed by atoms with Crippen LogP contribution in [0.4, 0.5) is 4.39 Å². The highest BCUT2D eigenvalue weighted by Crippen LogP contribution is 2.42. The molecule has 26 heavy (non-hydrogen) atoms. The summed E-state index contributed by atoms with van der Waals surface area (Å²) in [5.74, 6) is 0.799. The molecule has 0 bridgehead atoms. The number of thioether (sulfide) groups is 1. The lowest BCUT2D eigenvalue weighted by Crippen LogP contribution is -2.27. The monoisotopic (exact) mass is 364 g/mol. The van der Waals surface area contributed by atoms with Crippen molar-refractivity contribution in [3.8, 4) is 5.69 Å². The molecule has 0 radical (unpaired) electrons. The van der Waals surface area contributed by atoms with Gasteiger partial charge in [0.05, 0.1) is 17.6 Å². The number of benzene rings is 2. The Labute approximate surface area is 157 Å². The van der Waals surface area contributed by atoms with Crippen molar-refractivity contribution in [2.75, 3.05) is 5.75 Å². The quantitative estimate of drug-likeness (QED) is 0.547. The van der Waals surface area contributed by atoms with Crippen LogP contribution >= 0.6 is 11.8 Å². The van der Waals surface area contributed by atoms with Crippen LogP contribution in [-0.4, -0.2) is 15.5 Å². The first kappa shape index (κ1) is 17.1. The van der Waals surface area contributed by atoms with Gasteiger partial charge in [0.15, 0.2) is 0 Å². The van der Waals surface area contributed by atoms with E-state index in [9.17, 15) is 4.39 Å². The third-order valence-electron chi connectivity index (χ3n) is 5.14. The summed E-state index contributed by atoms with van der Waals surface area (Å²) in [7, 11) is 0. The molecule has 2 aromatic carbocycles. The predicted octanol–water partition coefficient (Wildman–Crippen LogP) is 5.77. The molecule has 0 amide bonds. The second-order valence-corrected chi connectivity index (χ2v) is 8.16. The highest BCUT2D eigenvalue weighted by atomic mass is 32.2. The molecule has 132 valence electrons. The van der Waals surface area contributed by atoms with Gasteiger partial charge in [-0.05, 0) is 61.4 Å². The Morgan fingerprint density at radius 3 is 2.58 bits per heavy atom. The van der Waals surface area contributed by atoms with Crippen LogP contribution in [0, 0.1) is 11.2 Å². The van der Waals surface area contributed by atoms with Crippen LogP contribution in [-0.2, 0) is 6.42 Å². The maximum Gasteiger partial charge on any atom is 0.123 e. The first-order chi connectivity index (χ1) is 12.5. The van der Waals surface area contributed by atoms with E-state index in [0.29, 0.717) is 0 Å². The van der Waals surface area contributed by atoms with Crippen molar-refractivity contribution in [1.29, 1.82) is 0 Å². The summed E-state index contributed by atoms with van der Waals surface area (Å²) >= 11 is 1.90. The summed E-state index contributed by atoms with van der Waals surface area (Å²) < 4.78 is 15.1. The molecule has 0 fully saturated rings. The molecule has 1 heterocycles. The standard InChI is InChI=1S/C22H21FN2S/c1-16-12-21-17(14-24-25(21)19-10-8-18(23)9-11-19)13-22(16,2)15-26-20-6-4-3-5-7-20/h3-12,14H,13,15H2,1-2H3. The Balaban J connectivity index is 1.60. The van der Waals surface area contributed by atoms with Crippen LogP contribution in [0.5, 0.6) is 0 Å². The number of hydrogen-bond acceptors (Lipinski definition) is 2. The molecule has 1 aliphatic carbocycles. The van der Waals surface area contributed by atoms with Gasteiger partial charge < -0.3 is 0 Å². The van der Waals surface area contributed by atoms with E-state index >= 15 is 0 Å². The lowest BCUT2D eigenvalue weighted by Gasteiger charge is -2.34. The second kappa shape index (κ2) is 6.76. The van der Waals surface area contributed by atoms with Crippen molar-refractivity contribution in [3.63, 3.8) is 0 Å². The molecule has 3 aromatic rings. The van der Waals surface area contributed by atoms with Crippen molar-refractivity contribution in [1.82, 2.24) is 9.78 Å². The minimum Gasteiger partial charge on any atom is -0.233 e. The molecule has 1 aromatic heterocycles. The van der Waals surface area contributed by atoms with Crippen LogP contribution < -0.4 is 0 Å². The number of rotatable bonds is 4. The molecule has 0 N–H and O–H groups in total. The van der Waals surface area contributed by atoms with Gasteiger partial charge in [0, 0.05) is 16.1 Å². The highest BCUT2D eigenvalue weighted by molar-refractivity contribution is 7.99. The second-order valence-electron chi connectivity index (χ2n) is 7.11. The zero-order valence-corrected chi connectivity index (χ0v) is 15.8. The van der Waals surface area contributed by atoms with Gasteiger partial charge in [-0.2, -0.15) is 5.10 Å². The SMILES string of the molecule is CC1=Cc2c(cnn2-c2ccc(F)cc2)CC1(C)CSc1ccccc1. The van der Waals surface area contributed by atoms with Gasteiger partial charge in [-0.1, -0.05) is 30.7 Å². The van der Waals surface area contributed by atoms with Gasteiger partial charge in [0.1, 0.15) is 5.82 Å².